The molecule has 1 aliphatic heterocycles. The summed E-state index contributed by atoms with van der Waals surface area (Å²) >= 11 is 1.21. The van der Waals surface area contributed by atoms with Gasteiger partial charge >= 0.3 is 0 Å². The average Bonchev–Trinajstić information content (AvgIpc) is 3.42. The number of nitrogens with zero attached hydrogens (tertiary/aromatic N) is 2. The second-order valence-corrected chi connectivity index (χ2v) is 9.33. The number of hydrogen-bond donors (Lipinski definition) is 2. The second kappa shape index (κ2) is 10.5. The molecule has 7 nitrogen and oxygen atoms in total. The van der Waals surface area contributed by atoms with Crippen LogP contribution in [-0.2, 0) is 21.2 Å². The van der Waals surface area contributed by atoms with E-state index in [2.05, 4.69) is 9.71 Å². The van der Waals surface area contributed by atoms with E-state index >= 15 is 0 Å². The van der Waals surface area contributed by atoms with Crippen molar-refractivity contribution in [1.82, 2.24) is 4.98 Å². The van der Waals surface area contributed by atoms with Gasteiger partial charge < -0.3 is 10.6 Å². The van der Waals surface area contributed by atoms with Crippen molar-refractivity contribution in [3.05, 3.63) is 71.5 Å². The summed E-state index contributed by atoms with van der Waals surface area (Å²) in [4.78, 5) is 17.4. The number of carbonyl (C=O) groups excluding carboxylic acids is 1. The van der Waals surface area contributed by atoms with Gasteiger partial charge in [-0.05, 0) is 61.3 Å². The first-order chi connectivity index (χ1) is 14.9. The average molecular weight is 467 g/mol. The second-order valence-electron chi connectivity index (χ2n) is 6.75. The van der Waals surface area contributed by atoms with Gasteiger partial charge in [0.15, 0.2) is 5.13 Å². The minimum atomic E-state index is -3.64. The van der Waals surface area contributed by atoms with E-state index in [0.29, 0.717) is 24.6 Å². The molecule has 4 rings (SSSR count). The van der Waals surface area contributed by atoms with Crippen molar-refractivity contribution in [2.75, 3.05) is 22.7 Å². The highest BCUT2D eigenvalue weighted by molar-refractivity contribution is 7.93. The normalized spacial score (nSPS) is 13.6. The van der Waals surface area contributed by atoms with Gasteiger partial charge in [-0.15, -0.1) is 11.3 Å². The van der Waals surface area contributed by atoms with Crippen LogP contribution in [0.2, 0.25) is 0 Å². The molecular formula is C21H27FN4O3S2. The van der Waals surface area contributed by atoms with Crippen LogP contribution in [0.15, 0.2) is 65.0 Å². The third-order valence-electron chi connectivity index (χ3n) is 4.53. The number of thiazole rings is 1. The molecular weight excluding hydrogens is 439 g/mol. The number of nitrogens with one attached hydrogen (secondary N) is 1. The Kier molecular flexibility index (Phi) is 7.72. The van der Waals surface area contributed by atoms with Gasteiger partial charge in [0.2, 0.25) is 5.91 Å². The third kappa shape index (κ3) is 6.33. The third-order valence-corrected chi connectivity index (χ3v) is 6.70. The van der Waals surface area contributed by atoms with Crippen molar-refractivity contribution in [1.29, 1.82) is 0 Å². The molecule has 0 bridgehead atoms. The lowest BCUT2D eigenvalue weighted by Gasteiger charge is -2.16. The fourth-order valence-electron chi connectivity index (χ4n) is 2.99. The Bertz CT molecular complexity index is 1100. The molecule has 1 saturated heterocycles. The lowest BCUT2D eigenvalue weighted by atomic mass is 10.1. The molecule has 31 heavy (non-hydrogen) atoms. The number of hydrogen-bond acceptors (Lipinski definition) is 6. The molecule has 10 heteroatoms. The zero-order chi connectivity index (χ0) is 22.3. The van der Waals surface area contributed by atoms with Gasteiger partial charge in [0.05, 0.1) is 4.90 Å². The van der Waals surface area contributed by atoms with Crippen LogP contribution in [-0.4, -0.2) is 32.4 Å². The molecule has 0 radical (unpaired) electrons. The molecule has 0 aliphatic carbocycles. The molecule has 0 spiro atoms. The molecule has 168 valence electrons. The quantitative estimate of drug-likeness (QED) is 0.573. The van der Waals surface area contributed by atoms with Crippen molar-refractivity contribution in [3.8, 4) is 0 Å². The van der Waals surface area contributed by atoms with E-state index in [1.54, 1.807) is 34.5 Å². The maximum atomic E-state index is 12.3. The van der Waals surface area contributed by atoms with Crippen molar-refractivity contribution < 1.29 is 20.5 Å². The van der Waals surface area contributed by atoms with Gasteiger partial charge in [0.25, 0.3) is 10.0 Å². The fraction of sp³-hybridized carbons (Fsp3) is 0.238. The van der Waals surface area contributed by atoms with Crippen LogP contribution in [0.25, 0.3) is 0 Å². The van der Waals surface area contributed by atoms with Gasteiger partial charge in [0.1, 0.15) is 5.82 Å². The maximum Gasteiger partial charge on any atom is 0.263 e. The van der Waals surface area contributed by atoms with E-state index < -0.39 is 10.0 Å². The van der Waals surface area contributed by atoms with Crippen molar-refractivity contribution in [2.24, 2.45) is 5.73 Å². The van der Waals surface area contributed by atoms with E-state index in [0.717, 1.165) is 24.1 Å². The van der Waals surface area contributed by atoms with Crippen molar-refractivity contribution >= 4 is 38.1 Å². The maximum absolute atomic E-state index is 12.3. The number of rotatable bonds is 6. The molecule has 3 aromatic rings. The van der Waals surface area contributed by atoms with Gasteiger partial charge in [-0.3, -0.25) is 9.52 Å². The van der Waals surface area contributed by atoms with Crippen LogP contribution in [0.1, 0.15) is 21.3 Å². The lowest BCUT2D eigenvalue weighted by molar-refractivity contribution is -0.117. The van der Waals surface area contributed by atoms with Crippen LogP contribution < -0.4 is 15.4 Å². The molecule has 1 aromatic heterocycles. The smallest absolute Gasteiger partial charge is 0.263 e. The topological polar surface area (TPSA) is 105 Å². The van der Waals surface area contributed by atoms with Crippen LogP contribution >= 0.6 is 11.3 Å². The van der Waals surface area contributed by atoms with E-state index in [1.165, 1.54) is 41.8 Å². The molecule has 1 aliphatic rings. The number of carbonyl (C=O) groups is 1. The fourth-order valence-corrected chi connectivity index (χ4v) is 4.78. The first-order valence-corrected chi connectivity index (χ1v) is 12.0. The Balaban J connectivity index is 0.000000388. The monoisotopic (exact) mass is 466 g/mol. The van der Waals surface area contributed by atoms with E-state index in [9.17, 15) is 17.6 Å². The van der Waals surface area contributed by atoms with Crippen LogP contribution in [0.4, 0.5) is 15.2 Å². The van der Waals surface area contributed by atoms with E-state index in [1.807, 2.05) is 0 Å². The molecule has 0 saturated carbocycles. The molecule has 0 atom stereocenters. The molecule has 2 aromatic carbocycles. The zero-order valence-electron chi connectivity index (χ0n) is 16.7. The van der Waals surface area contributed by atoms with Gasteiger partial charge in [-0.1, -0.05) is 12.1 Å². The van der Waals surface area contributed by atoms with Crippen molar-refractivity contribution in [2.45, 2.75) is 24.2 Å². The number of halogens is 1. The van der Waals surface area contributed by atoms with Gasteiger partial charge in [0, 0.05) is 33.1 Å². The number of aromatic nitrogens is 1. The minimum absolute atomic E-state index is 0. The van der Waals surface area contributed by atoms with Crippen LogP contribution in [0.3, 0.4) is 0 Å². The summed E-state index contributed by atoms with van der Waals surface area (Å²) in [5.41, 5.74) is 7.12. The Labute approximate surface area is 187 Å². The summed E-state index contributed by atoms with van der Waals surface area (Å²) in [6.07, 6.45) is 3.74. The minimum Gasteiger partial charge on any atom is -0.330 e. The highest BCUT2D eigenvalue weighted by atomic mass is 32.2. The predicted octanol–water partition coefficient (Wildman–Crippen LogP) is 3.89. The number of sulfonamides is 1. The Morgan fingerprint density at radius 2 is 1.87 bits per heavy atom. The number of anilines is 2. The number of benzene rings is 2. The summed E-state index contributed by atoms with van der Waals surface area (Å²) in [5, 5.41) is 2.02. The summed E-state index contributed by atoms with van der Waals surface area (Å²) in [7, 11) is -3.64. The molecule has 1 amide bonds. The Morgan fingerprint density at radius 1 is 1.16 bits per heavy atom. The van der Waals surface area contributed by atoms with Crippen LogP contribution in [0, 0.1) is 5.82 Å². The van der Waals surface area contributed by atoms with E-state index in [4.69, 9.17) is 5.73 Å². The molecule has 3 N–H and O–H groups in total. The summed E-state index contributed by atoms with van der Waals surface area (Å²) < 4.78 is 39.1. The Morgan fingerprint density at radius 3 is 2.42 bits per heavy atom. The standard InChI is InChI=1S/C13H13N3O3S2.C8H10FN.2H2/c17-12-2-1-8-16(12)10-3-5-11(6-4-10)21(18,19)15-13-14-7-9-20-13;9-8-3-1-7(2-4-8)5-6-10;;/h3-7,9H,1-2,8H2,(H,14,15);1-4H,5-6,10H2;2*1H. The van der Waals surface area contributed by atoms with Crippen LogP contribution in [0.5, 0.6) is 0 Å². The predicted molar refractivity (Wildman–Crippen MR) is 124 cm³/mol. The first kappa shape index (κ1) is 22.9. The van der Waals surface area contributed by atoms with E-state index in [-0.39, 0.29) is 19.5 Å². The highest BCUT2D eigenvalue weighted by Gasteiger charge is 2.22. The summed E-state index contributed by atoms with van der Waals surface area (Å²) in [6, 6.07) is 12.7. The molecule has 0 unspecified atom stereocenters. The number of nitrogens with two attached hydrogens (primary N) is 1. The lowest BCUT2D eigenvalue weighted by Crippen LogP contribution is -2.23. The largest absolute Gasteiger partial charge is 0.330 e. The molecule has 1 fully saturated rings. The highest BCUT2D eigenvalue weighted by Crippen LogP contribution is 2.24. The van der Waals surface area contributed by atoms with Gasteiger partial charge in [-0.2, -0.15) is 0 Å². The summed E-state index contributed by atoms with van der Waals surface area (Å²) in [6.45, 7) is 1.30. The van der Waals surface area contributed by atoms with Crippen molar-refractivity contribution in [3.63, 3.8) is 0 Å². The summed E-state index contributed by atoms with van der Waals surface area (Å²) in [5.74, 6) is -0.118. The molecule has 2 heterocycles. The van der Waals surface area contributed by atoms with Gasteiger partial charge in [-0.25, -0.2) is 17.8 Å². The first-order valence-electron chi connectivity index (χ1n) is 9.66. The SMILES string of the molecule is NCCc1ccc(F)cc1.O=C1CCCN1c1ccc(S(=O)(=O)Nc2nccs2)cc1.[HH].[HH]. The Hall–Kier alpha value is -2.82. The zero-order valence-corrected chi connectivity index (χ0v) is 18.3. The number of amides is 1.